The molecular weight excluding hydrogens is 271 g/mol. The smallest absolute Gasteiger partial charge is 0.324 e. The van der Waals surface area contributed by atoms with Crippen LogP contribution < -0.4 is 5.73 Å². The number of halogens is 4. The third kappa shape index (κ3) is 4.66. The van der Waals surface area contributed by atoms with Gasteiger partial charge in [0.2, 0.25) is 0 Å². The van der Waals surface area contributed by atoms with Crippen molar-refractivity contribution < 1.29 is 13.2 Å². The molecule has 0 aliphatic rings. The van der Waals surface area contributed by atoms with E-state index in [-0.39, 0.29) is 6.42 Å². The molecule has 84 valence electrons. The molecule has 0 aliphatic carbocycles. The first-order chi connectivity index (χ1) is 6.88. The molecule has 0 aromatic heterocycles. The van der Waals surface area contributed by atoms with Crippen molar-refractivity contribution in [2.45, 2.75) is 25.1 Å². The zero-order chi connectivity index (χ0) is 11.5. The molecule has 0 unspecified atom stereocenters. The second kappa shape index (κ2) is 4.99. The lowest BCUT2D eigenvalue weighted by Crippen LogP contribution is -2.15. The molecule has 1 atom stereocenters. The third-order valence-corrected chi connectivity index (χ3v) is 2.57. The van der Waals surface area contributed by atoms with E-state index in [4.69, 9.17) is 5.73 Å². The van der Waals surface area contributed by atoms with Crippen LogP contribution in [0.15, 0.2) is 28.7 Å². The van der Waals surface area contributed by atoms with Crippen LogP contribution in [0.3, 0.4) is 0 Å². The Hall–Kier alpha value is -0.550. The highest BCUT2D eigenvalue weighted by Crippen LogP contribution is 2.26. The van der Waals surface area contributed by atoms with E-state index < -0.39 is 18.6 Å². The Bertz CT molecular complexity index is 307. The summed E-state index contributed by atoms with van der Waals surface area (Å²) in [5.74, 6) is 0. The molecule has 0 amide bonds. The zero-order valence-corrected chi connectivity index (χ0v) is 9.48. The van der Waals surface area contributed by atoms with Crippen LogP contribution >= 0.6 is 15.9 Å². The third-order valence-electron chi connectivity index (χ3n) is 2.04. The minimum atomic E-state index is -4.13. The van der Waals surface area contributed by atoms with Gasteiger partial charge in [0.25, 0.3) is 0 Å². The number of nitrogens with two attached hydrogens (primary N) is 1. The Balaban J connectivity index is 2.54. The molecule has 1 aromatic rings. The quantitative estimate of drug-likeness (QED) is 0.896. The SMILES string of the molecule is N[C@@H](CCC(F)(F)F)c1ccc(Br)cc1. The normalized spacial score (nSPS) is 13.9. The second-order valence-corrected chi connectivity index (χ2v) is 4.23. The molecule has 1 aromatic carbocycles. The Morgan fingerprint density at radius 3 is 2.20 bits per heavy atom. The maximum atomic E-state index is 11.9. The van der Waals surface area contributed by atoms with Gasteiger partial charge in [-0.1, -0.05) is 28.1 Å². The zero-order valence-electron chi connectivity index (χ0n) is 7.89. The van der Waals surface area contributed by atoms with Crippen molar-refractivity contribution in [3.05, 3.63) is 34.3 Å². The van der Waals surface area contributed by atoms with Crippen LogP contribution in [0.25, 0.3) is 0 Å². The standard InChI is InChI=1S/C10H11BrF3N/c11-8-3-1-7(2-4-8)9(15)5-6-10(12,13)14/h1-4,9H,5-6,15H2/t9-/m0/s1. The monoisotopic (exact) mass is 281 g/mol. The van der Waals surface area contributed by atoms with Crippen LogP contribution in [0.2, 0.25) is 0 Å². The van der Waals surface area contributed by atoms with E-state index in [2.05, 4.69) is 15.9 Å². The van der Waals surface area contributed by atoms with Crippen molar-refractivity contribution in [2.75, 3.05) is 0 Å². The molecule has 5 heteroatoms. The van der Waals surface area contributed by atoms with E-state index >= 15 is 0 Å². The van der Waals surface area contributed by atoms with E-state index in [0.29, 0.717) is 0 Å². The average molecular weight is 282 g/mol. The van der Waals surface area contributed by atoms with Gasteiger partial charge < -0.3 is 5.73 Å². The number of hydrogen-bond acceptors (Lipinski definition) is 1. The topological polar surface area (TPSA) is 26.0 Å². The summed E-state index contributed by atoms with van der Waals surface area (Å²) in [5.41, 5.74) is 6.36. The Morgan fingerprint density at radius 1 is 1.20 bits per heavy atom. The minimum Gasteiger partial charge on any atom is -0.324 e. The summed E-state index contributed by atoms with van der Waals surface area (Å²) < 4.78 is 36.7. The first-order valence-electron chi connectivity index (χ1n) is 4.46. The van der Waals surface area contributed by atoms with Gasteiger partial charge in [0.15, 0.2) is 0 Å². The predicted octanol–water partition coefficient (Wildman–Crippen LogP) is 3.79. The van der Waals surface area contributed by atoms with Crippen molar-refractivity contribution in [3.63, 3.8) is 0 Å². The van der Waals surface area contributed by atoms with Crippen LogP contribution in [0.1, 0.15) is 24.4 Å². The molecule has 0 spiro atoms. The molecule has 0 saturated heterocycles. The first kappa shape index (κ1) is 12.5. The lowest BCUT2D eigenvalue weighted by Gasteiger charge is -2.13. The molecule has 0 aliphatic heterocycles. The second-order valence-electron chi connectivity index (χ2n) is 3.31. The Morgan fingerprint density at radius 2 is 1.73 bits per heavy atom. The molecule has 0 radical (unpaired) electrons. The van der Waals surface area contributed by atoms with Gasteiger partial charge in [0.1, 0.15) is 0 Å². The van der Waals surface area contributed by atoms with Crippen molar-refractivity contribution in [3.8, 4) is 0 Å². The molecule has 0 bridgehead atoms. The Kier molecular flexibility index (Phi) is 4.16. The number of hydrogen-bond donors (Lipinski definition) is 1. The van der Waals surface area contributed by atoms with Crippen molar-refractivity contribution >= 4 is 15.9 Å². The summed E-state index contributed by atoms with van der Waals surface area (Å²) >= 11 is 3.24. The summed E-state index contributed by atoms with van der Waals surface area (Å²) in [4.78, 5) is 0. The highest BCUT2D eigenvalue weighted by molar-refractivity contribution is 9.10. The molecule has 1 nitrogen and oxygen atoms in total. The fourth-order valence-corrected chi connectivity index (χ4v) is 1.46. The van der Waals surface area contributed by atoms with E-state index in [1.54, 1.807) is 24.3 Å². The summed E-state index contributed by atoms with van der Waals surface area (Å²) in [7, 11) is 0. The molecule has 0 fully saturated rings. The first-order valence-corrected chi connectivity index (χ1v) is 5.25. The number of alkyl halides is 3. The van der Waals surface area contributed by atoms with Gasteiger partial charge in [-0.3, -0.25) is 0 Å². The van der Waals surface area contributed by atoms with Gasteiger partial charge in [0, 0.05) is 16.9 Å². The van der Waals surface area contributed by atoms with Crippen molar-refractivity contribution in [1.29, 1.82) is 0 Å². The van der Waals surface area contributed by atoms with Crippen LogP contribution in [0.5, 0.6) is 0 Å². The number of benzene rings is 1. The summed E-state index contributed by atoms with van der Waals surface area (Å²) in [6.07, 6.45) is -5.05. The van der Waals surface area contributed by atoms with E-state index in [1.165, 1.54) is 0 Å². The van der Waals surface area contributed by atoms with Crippen LogP contribution in [0, 0.1) is 0 Å². The maximum absolute atomic E-state index is 11.9. The summed E-state index contributed by atoms with van der Waals surface area (Å²) in [6, 6.07) is 6.43. The van der Waals surface area contributed by atoms with Crippen molar-refractivity contribution in [1.82, 2.24) is 0 Å². The lowest BCUT2D eigenvalue weighted by molar-refractivity contribution is -0.136. The van der Waals surface area contributed by atoms with Crippen LogP contribution in [-0.2, 0) is 0 Å². The van der Waals surface area contributed by atoms with Gasteiger partial charge in [-0.05, 0) is 24.1 Å². The van der Waals surface area contributed by atoms with Crippen molar-refractivity contribution in [2.24, 2.45) is 5.73 Å². The van der Waals surface area contributed by atoms with E-state index in [0.717, 1.165) is 10.0 Å². The summed E-state index contributed by atoms with van der Waals surface area (Å²) in [5, 5.41) is 0. The molecular formula is C10H11BrF3N. The highest BCUT2D eigenvalue weighted by atomic mass is 79.9. The van der Waals surface area contributed by atoms with Gasteiger partial charge >= 0.3 is 6.18 Å². The lowest BCUT2D eigenvalue weighted by atomic mass is 10.0. The molecule has 15 heavy (non-hydrogen) atoms. The Labute approximate surface area is 94.6 Å². The van der Waals surface area contributed by atoms with Crippen LogP contribution in [0.4, 0.5) is 13.2 Å². The van der Waals surface area contributed by atoms with Gasteiger partial charge in [-0.2, -0.15) is 13.2 Å². The molecule has 1 rings (SSSR count). The van der Waals surface area contributed by atoms with E-state index in [1.807, 2.05) is 0 Å². The van der Waals surface area contributed by atoms with E-state index in [9.17, 15) is 13.2 Å². The fourth-order valence-electron chi connectivity index (χ4n) is 1.20. The largest absolute Gasteiger partial charge is 0.389 e. The van der Waals surface area contributed by atoms with Gasteiger partial charge in [0.05, 0.1) is 0 Å². The molecule has 2 N–H and O–H groups in total. The predicted molar refractivity (Wildman–Crippen MR) is 56.4 cm³/mol. The van der Waals surface area contributed by atoms with Crippen LogP contribution in [-0.4, -0.2) is 6.18 Å². The maximum Gasteiger partial charge on any atom is 0.389 e. The molecule has 0 heterocycles. The molecule has 0 saturated carbocycles. The van der Waals surface area contributed by atoms with Gasteiger partial charge in [-0.15, -0.1) is 0 Å². The average Bonchev–Trinajstić information content (AvgIpc) is 2.14. The fraction of sp³-hybridized carbons (Fsp3) is 0.400. The highest BCUT2D eigenvalue weighted by Gasteiger charge is 2.27. The summed E-state index contributed by atoms with van der Waals surface area (Å²) in [6.45, 7) is 0. The minimum absolute atomic E-state index is 0.0782. The number of rotatable bonds is 3. The van der Waals surface area contributed by atoms with Gasteiger partial charge in [-0.25, -0.2) is 0 Å².